The van der Waals surface area contributed by atoms with Gasteiger partial charge in [-0.1, -0.05) is 13.8 Å². The molecule has 0 aliphatic rings. The van der Waals surface area contributed by atoms with Gasteiger partial charge >= 0.3 is 0 Å². The first kappa shape index (κ1) is 12.0. The van der Waals surface area contributed by atoms with Crippen LogP contribution in [-0.2, 0) is 6.42 Å². The summed E-state index contributed by atoms with van der Waals surface area (Å²) in [5.74, 6) is 1.63. The van der Waals surface area contributed by atoms with E-state index in [2.05, 4.69) is 51.0 Å². The van der Waals surface area contributed by atoms with E-state index < -0.39 is 0 Å². The fraction of sp³-hybridized carbons (Fsp3) is 0.467. The van der Waals surface area contributed by atoms with Crippen LogP contribution in [0.25, 0.3) is 10.9 Å². The van der Waals surface area contributed by atoms with Gasteiger partial charge in [-0.15, -0.1) is 0 Å². The molecule has 0 saturated heterocycles. The van der Waals surface area contributed by atoms with Crippen LogP contribution in [0, 0.1) is 5.92 Å². The monoisotopic (exact) mass is 231 g/mol. The largest absolute Gasteiger partial charge is 0.491 e. The molecule has 1 aromatic carbocycles. The van der Waals surface area contributed by atoms with Crippen molar-refractivity contribution in [2.75, 3.05) is 0 Å². The number of ether oxygens (including phenoxy) is 1. The van der Waals surface area contributed by atoms with Gasteiger partial charge in [0.2, 0.25) is 0 Å². The average molecular weight is 231 g/mol. The number of H-pyrrole nitrogens is 1. The Morgan fingerprint density at radius 3 is 2.59 bits per heavy atom. The second-order valence-electron chi connectivity index (χ2n) is 5.29. The van der Waals surface area contributed by atoms with E-state index in [4.69, 9.17) is 4.74 Å². The molecule has 17 heavy (non-hydrogen) atoms. The maximum absolute atomic E-state index is 5.74. The Morgan fingerprint density at radius 1 is 1.18 bits per heavy atom. The fourth-order valence-corrected chi connectivity index (χ4v) is 2.11. The summed E-state index contributed by atoms with van der Waals surface area (Å²) < 4.78 is 5.74. The molecule has 1 heterocycles. The van der Waals surface area contributed by atoms with Gasteiger partial charge in [-0.05, 0) is 49.9 Å². The molecule has 0 aliphatic carbocycles. The molecule has 0 fully saturated rings. The maximum atomic E-state index is 5.74. The number of rotatable bonds is 4. The second-order valence-corrected chi connectivity index (χ2v) is 5.29. The molecule has 0 spiro atoms. The summed E-state index contributed by atoms with van der Waals surface area (Å²) in [5, 5.41) is 1.29. The quantitative estimate of drug-likeness (QED) is 0.840. The fourth-order valence-electron chi connectivity index (χ4n) is 2.11. The summed E-state index contributed by atoms with van der Waals surface area (Å²) in [6, 6.07) is 6.26. The van der Waals surface area contributed by atoms with Crippen LogP contribution in [0.15, 0.2) is 24.4 Å². The Hall–Kier alpha value is -1.44. The van der Waals surface area contributed by atoms with Gasteiger partial charge in [-0.2, -0.15) is 0 Å². The molecule has 0 amide bonds. The zero-order valence-electron chi connectivity index (χ0n) is 11.1. The molecule has 1 aromatic heterocycles. The highest BCUT2D eigenvalue weighted by Gasteiger charge is 2.07. The van der Waals surface area contributed by atoms with Gasteiger partial charge in [-0.3, -0.25) is 0 Å². The molecule has 2 nitrogen and oxygen atoms in total. The summed E-state index contributed by atoms with van der Waals surface area (Å²) in [7, 11) is 0. The lowest BCUT2D eigenvalue weighted by Gasteiger charge is -2.10. The van der Waals surface area contributed by atoms with Crippen molar-refractivity contribution in [2.24, 2.45) is 5.92 Å². The summed E-state index contributed by atoms with van der Waals surface area (Å²) in [6.45, 7) is 8.59. The minimum absolute atomic E-state index is 0.222. The molecule has 0 radical (unpaired) electrons. The van der Waals surface area contributed by atoms with Crippen LogP contribution in [0.4, 0.5) is 0 Å². The van der Waals surface area contributed by atoms with Crippen molar-refractivity contribution in [2.45, 2.75) is 40.2 Å². The van der Waals surface area contributed by atoms with E-state index in [9.17, 15) is 0 Å². The van der Waals surface area contributed by atoms with Crippen LogP contribution in [0.2, 0.25) is 0 Å². The number of hydrogen-bond acceptors (Lipinski definition) is 1. The van der Waals surface area contributed by atoms with Gasteiger partial charge in [-0.25, -0.2) is 0 Å². The van der Waals surface area contributed by atoms with Crippen LogP contribution in [0.5, 0.6) is 5.75 Å². The molecule has 0 bridgehead atoms. The summed E-state index contributed by atoms with van der Waals surface area (Å²) in [5.41, 5.74) is 2.57. The molecule has 2 rings (SSSR count). The maximum Gasteiger partial charge on any atom is 0.120 e. The van der Waals surface area contributed by atoms with Gasteiger partial charge in [0, 0.05) is 17.1 Å². The minimum atomic E-state index is 0.222. The number of benzene rings is 1. The lowest BCUT2D eigenvalue weighted by atomic mass is 10.0. The first-order chi connectivity index (χ1) is 8.06. The van der Waals surface area contributed by atoms with Crippen molar-refractivity contribution in [1.29, 1.82) is 0 Å². The summed E-state index contributed by atoms with van der Waals surface area (Å²) in [4.78, 5) is 3.32. The molecule has 92 valence electrons. The highest BCUT2D eigenvalue weighted by Crippen LogP contribution is 2.26. The van der Waals surface area contributed by atoms with Crippen molar-refractivity contribution >= 4 is 10.9 Å². The van der Waals surface area contributed by atoms with E-state index in [1.54, 1.807) is 0 Å². The molecule has 0 unspecified atom stereocenters. The molecule has 2 heteroatoms. The Bertz CT molecular complexity index is 497. The lowest BCUT2D eigenvalue weighted by molar-refractivity contribution is 0.243. The minimum Gasteiger partial charge on any atom is -0.491 e. The predicted octanol–water partition coefficient (Wildman–Crippen LogP) is 4.15. The zero-order valence-corrected chi connectivity index (χ0v) is 11.1. The first-order valence-electron chi connectivity index (χ1n) is 6.33. The number of fused-ring (bicyclic) bond motifs is 1. The average Bonchev–Trinajstić information content (AvgIpc) is 2.59. The third kappa shape index (κ3) is 2.82. The van der Waals surface area contributed by atoms with E-state index >= 15 is 0 Å². The molecule has 0 atom stereocenters. The lowest BCUT2D eigenvalue weighted by Crippen LogP contribution is -2.05. The molecular weight excluding hydrogens is 210 g/mol. The Kier molecular flexibility index (Phi) is 3.41. The second kappa shape index (κ2) is 4.82. The predicted molar refractivity (Wildman–Crippen MR) is 72.6 cm³/mol. The van der Waals surface area contributed by atoms with Crippen molar-refractivity contribution in [3.8, 4) is 5.75 Å². The summed E-state index contributed by atoms with van der Waals surface area (Å²) in [6.07, 6.45) is 3.44. The number of aromatic nitrogens is 1. The Balaban J connectivity index is 2.36. The van der Waals surface area contributed by atoms with Gasteiger partial charge in [0.15, 0.2) is 0 Å². The Morgan fingerprint density at radius 2 is 1.94 bits per heavy atom. The standard InChI is InChI=1S/C15H21NO/c1-10(2)7-12-9-16-15-6-5-13(8-14(12)15)17-11(3)4/h5-6,8-11,16H,7H2,1-4H3. The third-order valence-electron chi connectivity index (χ3n) is 2.74. The van der Waals surface area contributed by atoms with Gasteiger partial charge in [0.1, 0.15) is 5.75 Å². The van der Waals surface area contributed by atoms with Crippen molar-refractivity contribution in [3.63, 3.8) is 0 Å². The Labute approximate surface area is 103 Å². The molecule has 1 N–H and O–H groups in total. The van der Waals surface area contributed by atoms with E-state index in [0.717, 1.165) is 12.2 Å². The van der Waals surface area contributed by atoms with Crippen LogP contribution >= 0.6 is 0 Å². The van der Waals surface area contributed by atoms with Crippen LogP contribution in [0.1, 0.15) is 33.3 Å². The molecule has 2 aromatic rings. The smallest absolute Gasteiger partial charge is 0.120 e. The van der Waals surface area contributed by atoms with Gasteiger partial charge in [0.05, 0.1) is 6.10 Å². The van der Waals surface area contributed by atoms with Crippen molar-refractivity contribution in [1.82, 2.24) is 4.98 Å². The molecular formula is C15H21NO. The van der Waals surface area contributed by atoms with E-state index in [1.807, 2.05) is 6.07 Å². The normalized spacial score (nSPS) is 11.6. The van der Waals surface area contributed by atoms with Crippen LogP contribution in [-0.4, -0.2) is 11.1 Å². The third-order valence-corrected chi connectivity index (χ3v) is 2.74. The topological polar surface area (TPSA) is 25.0 Å². The van der Waals surface area contributed by atoms with E-state index in [0.29, 0.717) is 5.92 Å². The zero-order chi connectivity index (χ0) is 12.4. The SMILES string of the molecule is CC(C)Cc1c[nH]c2ccc(OC(C)C)cc12. The molecule has 0 saturated carbocycles. The van der Waals surface area contributed by atoms with Crippen molar-refractivity contribution < 1.29 is 4.74 Å². The number of nitrogens with one attached hydrogen (secondary N) is 1. The highest BCUT2D eigenvalue weighted by atomic mass is 16.5. The van der Waals surface area contributed by atoms with Gasteiger partial charge in [0.25, 0.3) is 0 Å². The first-order valence-corrected chi connectivity index (χ1v) is 6.33. The highest BCUT2D eigenvalue weighted by molar-refractivity contribution is 5.84. The van der Waals surface area contributed by atoms with Gasteiger partial charge < -0.3 is 9.72 Å². The molecule has 0 aliphatic heterocycles. The number of aromatic amines is 1. The van der Waals surface area contributed by atoms with E-state index in [-0.39, 0.29) is 6.10 Å². The van der Waals surface area contributed by atoms with Crippen LogP contribution in [0.3, 0.4) is 0 Å². The van der Waals surface area contributed by atoms with E-state index in [1.165, 1.54) is 16.5 Å². The van der Waals surface area contributed by atoms with Crippen molar-refractivity contribution in [3.05, 3.63) is 30.0 Å². The summed E-state index contributed by atoms with van der Waals surface area (Å²) >= 11 is 0. The number of hydrogen-bond donors (Lipinski definition) is 1. The van der Waals surface area contributed by atoms with Crippen LogP contribution < -0.4 is 4.74 Å².